The summed E-state index contributed by atoms with van der Waals surface area (Å²) in [6, 6.07) is 15.7. The normalized spacial score (nSPS) is 16.2. The maximum Gasteiger partial charge on any atom is 0.227 e. The molecule has 0 aliphatic carbocycles. The molecule has 0 radical (unpaired) electrons. The van der Waals surface area contributed by atoms with Crippen LogP contribution < -0.4 is 5.32 Å². The fraction of sp³-hybridized carbons (Fsp3) is 0.350. The van der Waals surface area contributed by atoms with Crippen molar-refractivity contribution in [1.29, 1.82) is 0 Å². The zero-order chi connectivity index (χ0) is 19.3. The van der Waals surface area contributed by atoms with Crippen LogP contribution in [0.15, 0.2) is 59.5 Å². The Bertz CT molecular complexity index is 862. The number of benzene rings is 2. The molecule has 2 aromatic carbocycles. The zero-order valence-electron chi connectivity index (χ0n) is 15.0. The number of piperidine rings is 1. The number of hydrogen-bond donors (Lipinski definition) is 1. The van der Waals surface area contributed by atoms with Gasteiger partial charge >= 0.3 is 0 Å². The van der Waals surface area contributed by atoms with Crippen molar-refractivity contribution in [2.45, 2.75) is 17.7 Å². The number of para-hydroxylation sites is 1. The van der Waals surface area contributed by atoms with Crippen molar-refractivity contribution in [1.82, 2.24) is 4.90 Å². The maximum absolute atomic E-state index is 12.4. The Hall–Kier alpha value is -1.89. The van der Waals surface area contributed by atoms with E-state index >= 15 is 0 Å². The number of likely N-dealkylation sites (tertiary alicyclic amines) is 1. The maximum atomic E-state index is 12.4. The van der Waals surface area contributed by atoms with E-state index in [2.05, 4.69) is 10.2 Å². The number of carbonyl (C=O) groups is 1. The largest absolute Gasteiger partial charge is 0.326 e. The van der Waals surface area contributed by atoms with Crippen molar-refractivity contribution < 1.29 is 13.2 Å². The zero-order valence-corrected chi connectivity index (χ0v) is 16.5. The molecular weight excluding hydrogens is 384 g/mol. The van der Waals surface area contributed by atoms with Crippen LogP contribution in [-0.4, -0.2) is 44.6 Å². The van der Waals surface area contributed by atoms with Crippen LogP contribution in [0.5, 0.6) is 0 Å². The Kier molecular flexibility index (Phi) is 6.52. The molecule has 7 heteroatoms. The summed E-state index contributed by atoms with van der Waals surface area (Å²) in [4.78, 5) is 14.8. The van der Waals surface area contributed by atoms with Crippen molar-refractivity contribution >= 4 is 33.0 Å². The van der Waals surface area contributed by atoms with Gasteiger partial charge in [-0.25, -0.2) is 8.42 Å². The van der Waals surface area contributed by atoms with E-state index in [4.69, 9.17) is 11.6 Å². The summed E-state index contributed by atoms with van der Waals surface area (Å²) in [5.74, 6) is 0.0687. The predicted octanol–water partition coefficient (Wildman–Crippen LogP) is 3.46. The topological polar surface area (TPSA) is 66.5 Å². The fourth-order valence-electron chi connectivity index (χ4n) is 3.19. The standard InChI is InChI=1S/C20H23ClN2O3S/c21-17-6-8-19(9-7-17)27(25,26)15-14-23-12-10-16(11-13-23)20(24)22-18-4-2-1-3-5-18/h1-9,16H,10-15H2,(H,22,24). The van der Waals surface area contributed by atoms with Gasteiger partial charge in [0.2, 0.25) is 5.91 Å². The van der Waals surface area contributed by atoms with Gasteiger partial charge < -0.3 is 10.2 Å². The van der Waals surface area contributed by atoms with Gasteiger partial charge in [-0.15, -0.1) is 0 Å². The lowest BCUT2D eigenvalue weighted by Crippen LogP contribution is -2.40. The molecule has 2 aromatic rings. The van der Waals surface area contributed by atoms with Gasteiger partial charge in [-0.3, -0.25) is 4.79 Å². The van der Waals surface area contributed by atoms with E-state index in [9.17, 15) is 13.2 Å². The van der Waals surface area contributed by atoms with Gasteiger partial charge in [0.1, 0.15) is 0 Å². The highest BCUT2D eigenvalue weighted by Gasteiger charge is 2.26. The van der Waals surface area contributed by atoms with Crippen molar-refractivity contribution in [3.63, 3.8) is 0 Å². The first-order valence-corrected chi connectivity index (χ1v) is 11.0. The molecule has 0 bridgehead atoms. The number of halogens is 1. The summed E-state index contributed by atoms with van der Waals surface area (Å²) < 4.78 is 24.9. The van der Waals surface area contributed by atoms with Crippen LogP contribution >= 0.6 is 11.6 Å². The van der Waals surface area contributed by atoms with Gasteiger partial charge in [0.25, 0.3) is 0 Å². The molecular formula is C20H23ClN2O3S. The van der Waals surface area contributed by atoms with Crippen LogP contribution in [0.25, 0.3) is 0 Å². The van der Waals surface area contributed by atoms with Gasteiger partial charge in [-0.2, -0.15) is 0 Å². The molecule has 3 rings (SSSR count). The number of anilines is 1. The lowest BCUT2D eigenvalue weighted by atomic mass is 9.96. The van der Waals surface area contributed by atoms with Crippen LogP contribution in [0.4, 0.5) is 5.69 Å². The molecule has 27 heavy (non-hydrogen) atoms. The third-order valence-electron chi connectivity index (χ3n) is 4.85. The molecule has 0 saturated carbocycles. The number of sulfone groups is 1. The van der Waals surface area contributed by atoms with Crippen molar-refractivity contribution in [3.8, 4) is 0 Å². The molecule has 1 aliphatic rings. The second-order valence-electron chi connectivity index (χ2n) is 6.74. The number of carbonyl (C=O) groups excluding carboxylic acids is 1. The molecule has 1 aliphatic heterocycles. The Balaban J connectivity index is 1.46. The summed E-state index contributed by atoms with van der Waals surface area (Å²) in [7, 11) is -3.33. The molecule has 1 amide bonds. The van der Waals surface area contributed by atoms with Crippen LogP contribution in [0.3, 0.4) is 0 Å². The lowest BCUT2D eigenvalue weighted by Gasteiger charge is -2.31. The first-order valence-electron chi connectivity index (χ1n) is 9.01. The molecule has 0 atom stereocenters. The van der Waals surface area contributed by atoms with Crippen LogP contribution in [0.2, 0.25) is 5.02 Å². The number of rotatable bonds is 6. The molecule has 1 heterocycles. The third kappa shape index (κ3) is 5.54. The molecule has 144 valence electrons. The smallest absolute Gasteiger partial charge is 0.227 e. The summed E-state index contributed by atoms with van der Waals surface area (Å²) >= 11 is 5.82. The molecule has 1 N–H and O–H groups in total. The third-order valence-corrected chi connectivity index (χ3v) is 6.81. The summed E-state index contributed by atoms with van der Waals surface area (Å²) in [6.45, 7) is 1.92. The molecule has 0 spiro atoms. The van der Waals surface area contributed by atoms with E-state index < -0.39 is 9.84 Å². The Morgan fingerprint density at radius 1 is 1.04 bits per heavy atom. The molecule has 1 fully saturated rings. The van der Waals surface area contributed by atoms with Gasteiger partial charge in [0.15, 0.2) is 9.84 Å². The van der Waals surface area contributed by atoms with E-state index in [-0.39, 0.29) is 17.6 Å². The average molecular weight is 407 g/mol. The molecule has 0 aromatic heterocycles. The minimum Gasteiger partial charge on any atom is -0.326 e. The summed E-state index contributed by atoms with van der Waals surface area (Å²) in [6.07, 6.45) is 1.47. The molecule has 1 saturated heterocycles. The number of nitrogens with zero attached hydrogens (tertiary/aromatic N) is 1. The minimum absolute atomic E-state index is 0.0330. The van der Waals surface area contributed by atoms with Gasteiger partial charge in [0, 0.05) is 23.2 Å². The number of nitrogens with one attached hydrogen (secondary N) is 1. The average Bonchev–Trinajstić information content (AvgIpc) is 2.68. The quantitative estimate of drug-likeness (QED) is 0.797. The van der Waals surface area contributed by atoms with Gasteiger partial charge in [0.05, 0.1) is 10.6 Å². The summed E-state index contributed by atoms with van der Waals surface area (Å²) in [5.41, 5.74) is 0.805. The Labute approximate surface area is 165 Å². The highest BCUT2D eigenvalue weighted by Crippen LogP contribution is 2.20. The van der Waals surface area contributed by atoms with Crippen molar-refractivity contribution in [3.05, 3.63) is 59.6 Å². The highest BCUT2D eigenvalue weighted by atomic mass is 35.5. The number of hydrogen-bond acceptors (Lipinski definition) is 4. The van der Waals surface area contributed by atoms with Gasteiger partial charge in [-0.05, 0) is 62.3 Å². The van der Waals surface area contributed by atoms with Crippen molar-refractivity contribution in [2.75, 3.05) is 30.7 Å². The Morgan fingerprint density at radius 3 is 2.30 bits per heavy atom. The van der Waals surface area contributed by atoms with Crippen LogP contribution in [0.1, 0.15) is 12.8 Å². The van der Waals surface area contributed by atoms with E-state index in [1.807, 2.05) is 30.3 Å². The monoisotopic (exact) mass is 406 g/mol. The predicted molar refractivity (Wildman–Crippen MR) is 108 cm³/mol. The first kappa shape index (κ1) is 19.9. The van der Waals surface area contributed by atoms with Gasteiger partial charge in [-0.1, -0.05) is 29.8 Å². The van der Waals surface area contributed by atoms with E-state index in [1.54, 1.807) is 12.1 Å². The second-order valence-corrected chi connectivity index (χ2v) is 9.29. The lowest BCUT2D eigenvalue weighted by molar-refractivity contribution is -0.121. The Morgan fingerprint density at radius 2 is 1.67 bits per heavy atom. The molecule has 5 nitrogen and oxygen atoms in total. The summed E-state index contributed by atoms with van der Waals surface area (Å²) in [5, 5.41) is 3.46. The van der Waals surface area contributed by atoms with E-state index in [0.717, 1.165) is 31.6 Å². The first-order chi connectivity index (χ1) is 12.9. The SMILES string of the molecule is O=C(Nc1ccccc1)C1CCN(CCS(=O)(=O)c2ccc(Cl)cc2)CC1. The van der Waals surface area contributed by atoms with Crippen LogP contribution in [-0.2, 0) is 14.6 Å². The minimum atomic E-state index is -3.33. The fourth-order valence-corrected chi connectivity index (χ4v) is 4.60. The van der Waals surface area contributed by atoms with E-state index in [0.29, 0.717) is 16.5 Å². The molecule has 0 unspecified atom stereocenters. The van der Waals surface area contributed by atoms with Crippen molar-refractivity contribution in [2.24, 2.45) is 5.92 Å². The number of amides is 1. The van der Waals surface area contributed by atoms with Crippen LogP contribution in [0, 0.1) is 5.92 Å². The highest BCUT2D eigenvalue weighted by molar-refractivity contribution is 7.91. The second kappa shape index (κ2) is 8.87. The van der Waals surface area contributed by atoms with E-state index in [1.165, 1.54) is 12.1 Å².